The zero-order valence-corrected chi connectivity index (χ0v) is 16.3. The molecular formula is C16H21BF2N4O4. The van der Waals surface area contributed by atoms with Crippen LogP contribution >= 0.6 is 0 Å². The predicted octanol–water partition coefficient (Wildman–Crippen LogP) is 4.28. The van der Waals surface area contributed by atoms with E-state index < -0.39 is 22.9 Å². The van der Waals surface area contributed by atoms with Gasteiger partial charge in [-0.2, -0.15) is 0 Å². The van der Waals surface area contributed by atoms with Crippen LogP contribution in [0, 0.1) is 34.1 Å². The predicted molar refractivity (Wildman–Crippen MR) is 101 cm³/mol. The van der Waals surface area contributed by atoms with E-state index in [9.17, 15) is 28.9 Å². The summed E-state index contributed by atoms with van der Waals surface area (Å²) >= 11 is 0. The number of halogens is 2. The molecule has 1 rings (SSSR count). The Morgan fingerprint density at radius 2 is 1.59 bits per heavy atom. The van der Waals surface area contributed by atoms with E-state index in [1.807, 2.05) is 0 Å². The molecule has 0 aliphatic rings. The highest BCUT2D eigenvalue weighted by atomic mass is 19.2. The van der Waals surface area contributed by atoms with E-state index in [1.54, 1.807) is 39.3 Å². The minimum absolute atomic E-state index is 0.0220. The van der Waals surface area contributed by atoms with Gasteiger partial charge in [-0.1, -0.05) is 0 Å². The average molecular weight is 382 g/mol. The lowest BCUT2D eigenvalue weighted by Gasteiger charge is -2.12. The molecule has 8 nitrogen and oxygen atoms in total. The first-order chi connectivity index (χ1) is 12.3. The highest BCUT2D eigenvalue weighted by Gasteiger charge is 2.28. The van der Waals surface area contributed by atoms with Gasteiger partial charge in [0.05, 0.1) is 32.5 Å². The fourth-order valence-corrected chi connectivity index (χ4v) is 3.15. The third-order valence-corrected chi connectivity index (χ3v) is 4.73. The molecule has 0 fully saturated rings. The van der Waals surface area contributed by atoms with Crippen LogP contribution in [0.3, 0.4) is 0 Å². The number of allylic oxidation sites excluding steroid dienone is 4. The van der Waals surface area contributed by atoms with Gasteiger partial charge in [-0.3, -0.25) is 33.8 Å². The molecule has 0 aromatic carbocycles. The van der Waals surface area contributed by atoms with Crippen LogP contribution in [0.1, 0.15) is 44.6 Å². The molecule has 146 valence electrons. The molecule has 27 heavy (non-hydrogen) atoms. The second-order valence-electron chi connectivity index (χ2n) is 6.20. The number of hydrogen-bond donors (Lipinski definition) is 0. The van der Waals surface area contributed by atoms with Gasteiger partial charge in [0.2, 0.25) is 0 Å². The summed E-state index contributed by atoms with van der Waals surface area (Å²) in [5.41, 5.74) is 1.73. The van der Waals surface area contributed by atoms with Gasteiger partial charge in [-0.25, -0.2) is 0 Å². The highest BCUT2D eigenvalue weighted by Crippen LogP contribution is 2.35. The van der Waals surface area contributed by atoms with E-state index in [0.29, 0.717) is 28.1 Å². The average Bonchev–Trinajstić information content (AvgIpc) is 2.74. The Bertz CT molecular complexity index is 901. The van der Waals surface area contributed by atoms with Gasteiger partial charge < -0.3 is 4.57 Å². The number of aromatic nitrogens is 1. The van der Waals surface area contributed by atoms with Crippen molar-refractivity contribution in [3.63, 3.8) is 0 Å². The van der Waals surface area contributed by atoms with Crippen molar-refractivity contribution in [3.05, 3.63) is 54.0 Å². The molecule has 0 spiro atoms. The van der Waals surface area contributed by atoms with Crippen molar-refractivity contribution in [2.24, 2.45) is 12.0 Å². The van der Waals surface area contributed by atoms with Crippen molar-refractivity contribution in [3.8, 4) is 0 Å². The van der Waals surface area contributed by atoms with E-state index in [1.165, 1.54) is 6.92 Å². The Morgan fingerprint density at radius 1 is 1.07 bits per heavy atom. The molecule has 0 saturated heterocycles. The fourth-order valence-electron chi connectivity index (χ4n) is 3.15. The Balaban J connectivity index is 3.77. The van der Waals surface area contributed by atoms with E-state index in [4.69, 9.17) is 0 Å². The van der Waals surface area contributed by atoms with Gasteiger partial charge >= 0.3 is 7.40 Å². The molecule has 0 saturated carbocycles. The lowest BCUT2D eigenvalue weighted by Crippen LogP contribution is -2.14. The zero-order valence-electron chi connectivity index (χ0n) is 16.3. The Kier molecular flexibility index (Phi) is 6.77. The zero-order chi connectivity index (χ0) is 21.2. The maximum absolute atomic E-state index is 12.5. The molecule has 1 aromatic heterocycles. The summed E-state index contributed by atoms with van der Waals surface area (Å²) in [5, 5.41) is 22.7. The Hall–Kier alpha value is -2.85. The van der Waals surface area contributed by atoms with E-state index in [0.717, 1.165) is 6.92 Å². The molecule has 0 aliphatic heterocycles. The number of nitro groups is 2. The van der Waals surface area contributed by atoms with Crippen molar-refractivity contribution in [2.75, 3.05) is 0 Å². The van der Waals surface area contributed by atoms with E-state index in [-0.39, 0.29) is 17.0 Å². The standard InChI is InChI=1S/C16H21BF2N4O4/c1-8(10(3)15(22(24)25)12(5)20-17(18)19)9(2)14-11(4)16(23(26)27)13(6)21(14)7/h1-7H3/b9-8+,15-10+,20-12?. The lowest BCUT2D eigenvalue weighted by molar-refractivity contribution is -0.416. The van der Waals surface area contributed by atoms with Crippen molar-refractivity contribution >= 4 is 24.4 Å². The van der Waals surface area contributed by atoms with Crippen molar-refractivity contribution in [1.29, 1.82) is 0 Å². The smallest absolute Gasteiger partial charge is 0.342 e. The monoisotopic (exact) mass is 382 g/mol. The number of rotatable bonds is 6. The second-order valence-corrected chi connectivity index (χ2v) is 6.20. The van der Waals surface area contributed by atoms with Crippen molar-refractivity contribution in [1.82, 2.24) is 4.57 Å². The van der Waals surface area contributed by atoms with E-state index in [2.05, 4.69) is 4.90 Å². The number of nitrogens with zero attached hydrogens (tertiary/aromatic N) is 4. The van der Waals surface area contributed by atoms with Crippen LogP contribution < -0.4 is 0 Å². The summed E-state index contributed by atoms with van der Waals surface area (Å²) in [6.45, 7) is 9.11. The van der Waals surface area contributed by atoms with Gasteiger partial charge in [0.1, 0.15) is 0 Å². The molecule has 0 unspecified atom stereocenters. The van der Waals surface area contributed by atoms with Gasteiger partial charge in [-0.15, -0.1) is 0 Å². The molecule has 0 N–H and O–H groups in total. The quantitative estimate of drug-likeness (QED) is 0.241. The first kappa shape index (κ1) is 22.2. The minimum atomic E-state index is -3.06. The van der Waals surface area contributed by atoms with Gasteiger partial charge in [0, 0.05) is 12.6 Å². The summed E-state index contributed by atoms with van der Waals surface area (Å²) in [4.78, 5) is 24.5. The van der Waals surface area contributed by atoms with Crippen LogP contribution in [0.15, 0.2) is 21.7 Å². The molecule has 0 aliphatic carbocycles. The maximum Gasteiger partial charge on any atom is 0.692 e. The summed E-state index contributed by atoms with van der Waals surface area (Å²) in [5.74, 6) is 0. The number of hydrogen-bond acceptors (Lipinski definition) is 5. The maximum atomic E-state index is 12.5. The molecule has 0 radical (unpaired) electrons. The molecular weight excluding hydrogens is 361 g/mol. The molecule has 1 heterocycles. The van der Waals surface area contributed by atoms with Crippen LogP contribution in [-0.2, 0) is 7.05 Å². The summed E-state index contributed by atoms with van der Waals surface area (Å²) in [6.07, 6.45) is 0. The minimum Gasteiger partial charge on any atom is -0.342 e. The highest BCUT2D eigenvalue weighted by molar-refractivity contribution is 6.43. The SMILES string of the molecule is CC(=NB(F)F)/C(=C(C)\C(C)=C(/C)c1c(C)c([N+](=O)[O-])c(C)n1C)[N+](=O)[O-]. The third-order valence-electron chi connectivity index (χ3n) is 4.73. The summed E-state index contributed by atoms with van der Waals surface area (Å²) in [6, 6.07) is 0. The second kappa shape index (κ2) is 8.23. The third kappa shape index (κ3) is 4.29. The van der Waals surface area contributed by atoms with Crippen molar-refractivity contribution < 1.29 is 18.5 Å². The lowest BCUT2D eigenvalue weighted by atomic mass is 9.96. The van der Waals surface area contributed by atoms with Crippen LogP contribution in [-0.4, -0.2) is 27.5 Å². The molecule has 0 atom stereocenters. The van der Waals surface area contributed by atoms with Crippen LogP contribution in [0.5, 0.6) is 0 Å². The van der Waals surface area contributed by atoms with Crippen LogP contribution in [0.2, 0.25) is 0 Å². The summed E-state index contributed by atoms with van der Waals surface area (Å²) < 4.78 is 26.7. The van der Waals surface area contributed by atoms with Gasteiger partial charge in [0.25, 0.3) is 11.4 Å². The Morgan fingerprint density at radius 3 is 1.96 bits per heavy atom. The molecule has 11 heteroatoms. The fraction of sp³-hybridized carbons (Fsp3) is 0.438. The Labute approximate surface area is 155 Å². The normalized spacial score (nSPS) is 13.9. The van der Waals surface area contributed by atoms with Crippen molar-refractivity contribution in [2.45, 2.75) is 41.5 Å². The molecule has 1 aromatic rings. The van der Waals surface area contributed by atoms with Gasteiger partial charge in [0.15, 0.2) is 0 Å². The first-order valence-electron chi connectivity index (χ1n) is 7.99. The largest absolute Gasteiger partial charge is 0.692 e. The molecule has 0 bridgehead atoms. The first-order valence-corrected chi connectivity index (χ1v) is 7.99. The summed E-state index contributed by atoms with van der Waals surface area (Å²) in [7, 11) is -1.39. The molecule has 0 amide bonds. The topological polar surface area (TPSA) is 104 Å². The van der Waals surface area contributed by atoms with Crippen LogP contribution in [0.25, 0.3) is 5.57 Å². The van der Waals surface area contributed by atoms with Crippen LogP contribution in [0.4, 0.5) is 14.3 Å². The van der Waals surface area contributed by atoms with Gasteiger partial charge in [-0.05, 0) is 52.7 Å². The van der Waals surface area contributed by atoms with E-state index >= 15 is 0 Å².